The van der Waals surface area contributed by atoms with E-state index in [0.29, 0.717) is 50.7 Å². The van der Waals surface area contributed by atoms with Crippen LogP contribution in [0.1, 0.15) is 37.4 Å². The van der Waals surface area contributed by atoms with E-state index >= 15 is 0 Å². The van der Waals surface area contributed by atoms with Crippen LogP contribution in [-0.2, 0) is 20.9 Å². The standard InChI is InChI=1S/C31H27BrN2O6S/c1-3-37-30(36)27-18(2)33-31-34(28(27)21-10-12-24-25(15-21)40-17-39-24)29(35)26(41-31)14-20-9-11-23(22(32)13-20)38-16-19-7-5-4-6-8-19/h4-12,14-15,20,28H,3,13,16-17H2,1-2H3/t20-,28-/m1/s1. The molecule has 3 heterocycles. The van der Waals surface area contributed by atoms with E-state index in [-0.39, 0.29) is 24.9 Å². The number of halogens is 1. The first kappa shape index (κ1) is 27.3. The first-order valence-corrected chi connectivity index (χ1v) is 14.9. The van der Waals surface area contributed by atoms with Crippen LogP contribution in [0.3, 0.4) is 0 Å². The maximum atomic E-state index is 13.9. The van der Waals surface area contributed by atoms with Crippen LogP contribution in [0, 0.1) is 5.92 Å². The summed E-state index contributed by atoms with van der Waals surface area (Å²) in [7, 11) is 0. The number of allylic oxidation sites excluding steroid dienone is 4. The smallest absolute Gasteiger partial charge is 0.338 e. The Hall–Kier alpha value is -3.89. The van der Waals surface area contributed by atoms with Gasteiger partial charge in [0.05, 0.1) is 28.5 Å². The molecule has 3 aliphatic rings. The predicted molar refractivity (Wildman–Crippen MR) is 158 cm³/mol. The summed E-state index contributed by atoms with van der Waals surface area (Å²) in [6.45, 7) is 4.33. The predicted octanol–water partition coefficient (Wildman–Crippen LogP) is 4.88. The minimum absolute atomic E-state index is 0.0237. The van der Waals surface area contributed by atoms with Crippen molar-refractivity contribution in [3.05, 3.63) is 113 Å². The molecule has 8 nitrogen and oxygen atoms in total. The van der Waals surface area contributed by atoms with E-state index in [0.717, 1.165) is 15.8 Å². The lowest BCUT2D eigenvalue weighted by Crippen LogP contribution is -2.40. The average Bonchev–Trinajstić information content (AvgIpc) is 3.56. The third-order valence-electron chi connectivity index (χ3n) is 7.01. The Morgan fingerprint density at radius 1 is 1.20 bits per heavy atom. The van der Waals surface area contributed by atoms with E-state index < -0.39 is 12.0 Å². The number of fused-ring (bicyclic) bond motifs is 2. The lowest BCUT2D eigenvalue weighted by molar-refractivity contribution is -0.139. The van der Waals surface area contributed by atoms with Gasteiger partial charge in [-0.1, -0.05) is 75.8 Å². The molecule has 1 aliphatic carbocycles. The van der Waals surface area contributed by atoms with Crippen molar-refractivity contribution in [2.45, 2.75) is 32.9 Å². The van der Waals surface area contributed by atoms with Crippen molar-refractivity contribution in [2.24, 2.45) is 10.9 Å². The number of hydrogen-bond donors (Lipinski definition) is 0. The largest absolute Gasteiger partial charge is 0.488 e. The minimum Gasteiger partial charge on any atom is -0.488 e. The second-order valence-corrected chi connectivity index (χ2v) is 11.7. The van der Waals surface area contributed by atoms with Crippen molar-refractivity contribution in [2.75, 3.05) is 13.4 Å². The van der Waals surface area contributed by atoms with Gasteiger partial charge in [-0.2, -0.15) is 0 Å². The van der Waals surface area contributed by atoms with E-state index in [9.17, 15) is 9.59 Å². The van der Waals surface area contributed by atoms with Gasteiger partial charge in [-0.15, -0.1) is 0 Å². The number of hydrogen-bond acceptors (Lipinski definition) is 8. The summed E-state index contributed by atoms with van der Waals surface area (Å²) >= 11 is 4.98. The fourth-order valence-electron chi connectivity index (χ4n) is 5.05. The molecule has 0 unspecified atom stereocenters. The Labute approximate surface area is 248 Å². The summed E-state index contributed by atoms with van der Waals surface area (Å²) in [5.74, 6) is 1.44. The SMILES string of the molecule is CCOC(=O)C1=C(C)N=c2sc(=C[C@@H]3C=CC(OCc4ccccc4)=C(Br)C3)c(=O)n2[C@@H]1c1ccc2c(c1)OCO2. The van der Waals surface area contributed by atoms with E-state index in [1.807, 2.05) is 60.7 Å². The second kappa shape index (κ2) is 11.5. The summed E-state index contributed by atoms with van der Waals surface area (Å²) < 4.78 is 25.5. The summed E-state index contributed by atoms with van der Waals surface area (Å²) in [6, 6.07) is 14.7. The normalized spacial score (nSPS) is 19.7. The molecule has 0 radical (unpaired) electrons. The van der Waals surface area contributed by atoms with Crippen molar-refractivity contribution >= 4 is 39.3 Å². The number of nitrogens with zero attached hydrogens (tertiary/aromatic N) is 2. The third-order valence-corrected chi connectivity index (χ3v) is 8.72. The quantitative estimate of drug-likeness (QED) is 0.344. The van der Waals surface area contributed by atoms with Gasteiger partial charge < -0.3 is 18.9 Å². The number of carbonyl (C=O) groups excluding carboxylic acids is 1. The van der Waals surface area contributed by atoms with Crippen LogP contribution >= 0.6 is 27.3 Å². The summed E-state index contributed by atoms with van der Waals surface area (Å²) in [6.07, 6.45) is 6.58. The highest BCUT2D eigenvalue weighted by Crippen LogP contribution is 2.38. The highest BCUT2D eigenvalue weighted by molar-refractivity contribution is 9.11. The number of carbonyl (C=O) groups is 1. The molecule has 0 amide bonds. The molecule has 41 heavy (non-hydrogen) atoms. The van der Waals surface area contributed by atoms with Gasteiger partial charge in [0.1, 0.15) is 12.4 Å². The monoisotopic (exact) mass is 634 g/mol. The lowest BCUT2D eigenvalue weighted by atomic mass is 9.95. The molecule has 2 aromatic carbocycles. The Balaban J connectivity index is 1.34. The molecule has 0 bridgehead atoms. The average molecular weight is 636 g/mol. The van der Waals surface area contributed by atoms with E-state index in [2.05, 4.69) is 20.9 Å². The Morgan fingerprint density at radius 2 is 2.00 bits per heavy atom. The van der Waals surface area contributed by atoms with Gasteiger partial charge in [0.25, 0.3) is 5.56 Å². The number of rotatable bonds is 7. The molecule has 0 spiro atoms. The van der Waals surface area contributed by atoms with Crippen molar-refractivity contribution in [1.82, 2.24) is 4.57 Å². The molecule has 1 aromatic heterocycles. The molecule has 2 aliphatic heterocycles. The van der Waals surface area contributed by atoms with Gasteiger partial charge in [-0.05, 0) is 49.6 Å². The molecule has 2 atom stereocenters. The Kier molecular flexibility index (Phi) is 7.68. The van der Waals surface area contributed by atoms with Gasteiger partial charge in [-0.3, -0.25) is 9.36 Å². The zero-order chi connectivity index (χ0) is 28.5. The van der Waals surface area contributed by atoms with Gasteiger partial charge >= 0.3 is 5.97 Å². The lowest BCUT2D eigenvalue weighted by Gasteiger charge is -2.24. The molecular formula is C31H27BrN2O6S. The first-order chi connectivity index (χ1) is 19.9. The molecule has 0 saturated carbocycles. The second-order valence-electron chi connectivity index (χ2n) is 9.71. The number of ether oxygens (including phenoxy) is 4. The zero-order valence-electron chi connectivity index (χ0n) is 22.5. The molecule has 210 valence electrons. The maximum absolute atomic E-state index is 13.9. The fraction of sp³-hybridized carbons (Fsp3) is 0.258. The number of thiazole rings is 1. The van der Waals surface area contributed by atoms with Crippen LogP contribution in [-0.4, -0.2) is 23.9 Å². The number of benzene rings is 2. The van der Waals surface area contributed by atoms with Crippen LogP contribution in [0.5, 0.6) is 11.5 Å². The molecule has 3 aromatic rings. The molecule has 0 saturated heterocycles. The van der Waals surface area contributed by atoms with Gasteiger partial charge in [0.15, 0.2) is 16.3 Å². The topological polar surface area (TPSA) is 88.4 Å². The van der Waals surface area contributed by atoms with E-state index in [1.165, 1.54) is 11.3 Å². The van der Waals surface area contributed by atoms with E-state index in [4.69, 9.17) is 18.9 Å². The summed E-state index contributed by atoms with van der Waals surface area (Å²) in [4.78, 5) is 32.2. The van der Waals surface area contributed by atoms with Crippen molar-refractivity contribution < 1.29 is 23.7 Å². The van der Waals surface area contributed by atoms with Crippen LogP contribution < -0.4 is 24.4 Å². The number of esters is 1. The van der Waals surface area contributed by atoms with Crippen molar-refractivity contribution in [3.8, 4) is 11.5 Å². The fourth-order valence-corrected chi connectivity index (χ4v) is 6.77. The van der Waals surface area contributed by atoms with Gasteiger partial charge in [0, 0.05) is 10.4 Å². The minimum atomic E-state index is -0.714. The highest BCUT2D eigenvalue weighted by Gasteiger charge is 2.34. The van der Waals surface area contributed by atoms with Crippen LogP contribution in [0.15, 0.2) is 92.0 Å². The Morgan fingerprint density at radius 3 is 2.78 bits per heavy atom. The molecular weight excluding hydrogens is 608 g/mol. The van der Waals surface area contributed by atoms with Crippen LogP contribution in [0.25, 0.3) is 6.08 Å². The molecule has 0 fully saturated rings. The van der Waals surface area contributed by atoms with Gasteiger partial charge in [-0.25, -0.2) is 9.79 Å². The Bertz CT molecular complexity index is 1790. The highest BCUT2D eigenvalue weighted by atomic mass is 79.9. The summed E-state index contributed by atoms with van der Waals surface area (Å²) in [5, 5.41) is 0. The van der Waals surface area contributed by atoms with Crippen LogP contribution in [0.2, 0.25) is 0 Å². The maximum Gasteiger partial charge on any atom is 0.338 e. The molecule has 10 heteroatoms. The zero-order valence-corrected chi connectivity index (χ0v) is 24.9. The first-order valence-electron chi connectivity index (χ1n) is 13.3. The number of aromatic nitrogens is 1. The van der Waals surface area contributed by atoms with Crippen molar-refractivity contribution in [1.29, 1.82) is 0 Å². The molecule has 0 N–H and O–H groups in total. The van der Waals surface area contributed by atoms with E-state index in [1.54, 1.807) is 24.5 Å². The third kappa shape index (κ3) is 5.41. The van der Waals surface area contributed by atoms with Crippen LogP contribution in [0.4, 0.5) is 0 Å². The summed E-state index contributed by atoms with van der Waals surface area (Å²) in [5.41, 5.74) is 2.43. The van der Waals surface area contributed by atoms with Gasteiger partial charge in [0.2, 0.25) is 6.79 Å². The van der Waals surface area contributed by atoms with Crippen molar-refractivity contribution in [3.63, 3.8) is 0 Å². The molecule has 6 rings (SSSR count).